The highest BCUT2D eigenvalue weighted by atomic mass is 16.7. The topological polar surface area (TPSA) is 80.7 Å². The molecular formula is C27H38N2O6. The lowest BCUT2D eigenvalue weighted by atomic mass is 9.92. The summed E-state index contributed by atoms with van der Waals surface area (Å²) < 4.78 is 23.1. The number of amides is 1. The van der Waals surface area contributed by atoms with Crippen LogP contribution in [0.5, 0.6) is 11.5 Å². The van der Waals surface area contributed by atoms with Gasteiger partial charge >= 0.3 is 0 Å². The number of ether oxygens (including phenoxy) is 4. The fourth-order valence-electron chi connectivity index (χ4n) is 5.59. The number of allylic oxidation sites excluding steroid dienone is 1. The minimum absolute atomic E-state index is 0.0223. The number of aliphatic hydroxyl groups excluding tert-OH is 1. The molecule has 192 valence electrons. The van der Waals surface area contributed by atoms with Crippen LogP contribution < -0.4 is 9.47 Å². The maximum atomic E-state index is 13.5. The van der Waals surface area contributed by atoms with Gasteiger partial charge in [0.25, 0.3) is 5.91 Å². The number of unbranched alkanes of at least 4 members (excludes halogenated alkanes) is 1. The molecule has 5 rings (SSSR count). The molecule has 35 heavy (non-hydrogen) atoms. The zero-order valence-electron chi connectivity index (χ0n) is 20.5. The number of likely N-dealkylation sites (tertiary alicyclic amines) is 2. The molecule has 4 aliphatic heterocycles. The highest BCUT2D eigenvalue weighted by Crippen LogP contribution is 2.39. The number of carbonyl (C=O) groups is 1. The maximum absolute atomic E-state index is 13.5. The fourth-order valence-corrected chi connectivity index (χ4v) is 5.59. The summed E-state index contributed by atoms with van der Waals surface area (Å²) in [5.41, 5.74) is 1.05. The molecule has 2 unspecified atom stereocenters. The van der Waals surface area contributed by atoms with Gasteiger partial charge in [-0.15, -0.1) is 0 Å². The molecule has 0 bridgehead atoms. The molecule has 4 heterocycles. The Kier molecular flexibility index (Phi) is 8.11. The Bertz CT molecular complexity index is 892. The van der Waals surface area contributed by atoms with Gasteiger partial charge in [0, 0.05) is 38.1 Å². The van der Waals surface area contributed by atoms with E-state index in [9.17, 15) is 4.79 Å². The maximum Gasteiger partial charge on any atom is 0.288 e. The van der Waals surface area contributed by atoms with Crippen LogP contribution in [0.15, 0.2) is 30.0 Å². The molecule has 0 radical (unpaired) electrons. The lowest BCUT2D eigenvalue weighted by Gasteiger charge is -2.40. The van der Waals surface area contributed by atoms with E-state index < -0.39 is 6.29 Å². The van der Waals surface area contributed by atoms with Gasteiger partial charge in [0.1, 0.15) is 0 Å². The molecule has 4 aliphatic rings. The normalized spacial score (nSPS) is 25.3. The van der Waals surface area contributed by atoms with E-state index in [2.05, 4.69) is 4.90 Å². The Hall–Kier alpha value is -2.29. The second-order valence-electron chi connectivity index (χ2n) is 9.95. The molecule has 1 amide bonds. The van der Waals surface area contributed by atoms with E-state index in [-0.39, 0.29) is 25.2 Å². The fraction of sp³-hybridized carbons (Fsp3) is 0.667. The zero-order valence-corrected chi connectivity index (χ0v) is 20.5. The molecule has 2 atom stereocenters. The van der Waals surface area contributed by atoms with Crippen molar-refractivity contribution >= 4 is 5.91 Å². The first-order valence-electron chi connectivity index (χ1n) is 13.2. The minimum atomic E-state index is -0.501. The first-order chi connectivity index (χ1) is 17.2. The molecule has 8 heteroatoms. The van der Waals surface area contributed by atoms with Crippen LogP contribution in [-0.4, -0.2) is 79.3 Å². The first kappa shape index (κ1) is 24.4. The summed E-state index contributed by atoms with van der Waals surface area (Å²) in [4.78, 5) is 18.1. The summed E-state index contributed by atoms with van der Waals surface area (Å²) in [5.74, 6) is 1.79. The Morgan fingerprint density at radius 1 is 1.03 bits per heavy atom. The predicted molar refractivity (Wildman–Crippen MR) is 130 cm³/mol. The van der Waals surface area contributed by atoms with Gasteiger partial charge in [-0.3, -0.25) is 4.79 Å². The molecule has 1 aromatic rings. The number of benzene rings is 1. The molecule has 0 spiro atoms. The standard InChI is InChI=1S/C27H38N2O6/c30-14-4-5-15-32-26-18-21(20-6-7-23-24(16-20)34-19-33-23)17-25(35-26)27(31)29-12-8-22(9-13-29)28-10-2-1-3-11-28/h6-7,16-17,21-22,26,30H,1-5,8-15,18-19H2. The van der Waals surface area contributed by atoms with Crippen molar-refractivity contribution in [3.05, 3.63) is 35.6 Å². The summed E-state index contributed by atoms with van der Waals surface area (Å²) in [5, 5.41) is 9.06. The summed E-state index contributed by atoms with van der Waals surface area (Å²) in [6.07, 6.45) is 9.47. The zero-order chi connectivity index (χ0) is 24.0. The Labute approximate surface area is 207 Å². The van der Waals surface area contributed by atoms with Crippen molar-refractivity contribution in [1.29, 1.82) is 0 Å². The van der Waals surface area contributed by atoms with Crippen LogP contribution in [0, 0.1) is 0 Å². The SMILES string of the molecule is O=C(C1=CC(c2ccc3c(c2)OCO3)CC(OCCCCO)O1)N1CCC(N2CCCCC2)CC1. The monoisotopic (exact) mass is 486 g/mol. The van der Waals surface area contributed by atoms with E-state index in [0.29, 0.717) is 31.2 Å². The van der Waals surface area contributed by atoms with Gasteiger partial charge in [-0.25, -0.2) is 0 Å². The molecule has 1 aromatic carbocycles. The van der Waals surface area contributed by atoms with Crippen molar-refractivity contribution in [1.82, 2.24) is 9.80 Å². The number of piperidine rings is 2. The second-order valence-corrected chi connectivity index (χ2v) is 9.95. The second kappa shape index (κ2) is 11.6. The van der Waals surface area contributed by atoms with Crippen LogP contribution in [0.4, 0.5) is 0 Å². The summed E-state index contributed by atoms with van der Waals surface area (Å²) in [6.45, 7) is 4.78. The summed E-state index contributed by atoms with van der Waals surface area (Å²) in [6, 6.07) is 6.52. The largest absolute Gasteiger partial charge is 0.459 e. The van der Waals surface area contributed by atoms with Gasteiger partial charge in [0.2, 0.25) is 13.1 Å². The van der Waals surface area contributed by atoms with Crippen LogP contribution in [0.3, 0.4) is 0 Å². The Morgan fingerprint density at radius 2 is 1.83 bits per heavy atom. The third-order valence-electron chi connectivity index (χ3n) is 7.61. The van der Waals surface area contributed by atoms with Crippen LogP contribution in [-0.2, 0) is 14.3 Å². The van der Waals surface area contributed by atoms with E-state index in [4.69, 9.17) is 24.1 Å². The van der Waals surface area contributed by atoms with Crippen molar-refractivity contribution < 1.29 is 28.8 Å². The Morgan fingerprint density at radius 3 is 2.63 bits per heavy atom. The van der Waals surface area contributed by atoms with Gasteiger partial charge in [-0.1, -0.05) is 12.5 Å². The van der Waals surface area contributed by atoms with Crippen molar-refractivity contribution in [2.75, 3.05) is 46.2 Å². The van der Waals surface area contributed by atoms with Gasteiger partial charge in [-0.05, 0) is 75.4 Å². The van der Waals surface area contributed by atoms with Gasteiger partial charge < -0.3 is 33.9 Å². The van der Waals surface area contributed by atoms with E-state index in [1.165, 1.54) is 32.4 Å². The number of carbonyl (C=O) groups excluding carboxylic acids is 1. The van der Waals surface area contributed by atoms with E-state index in [1.54, 1.807) is 0 Å². The van der Waals surface area contributed by atoms with Crippen molar-refractivity contribution in [3.63, 3.8) is 0 Å². The van der Waals surface area contributed by atoms with E-state index in [1.807, 2.05) is 29.2 Å². The average Bonchev–Trinajstić information content (AvgIpc) is 3.39. The average molecular weight is 487 g/mol. The van der Waals surface area contributed by atoms with Crippen LogP contribution >= 0.6 is 0 Å². The van der Waals surface area contributed by atoms with E-state index >= 15 is 0 Å². The number of fused-ring (bicyclic) bond motifs is 1. The predicted octanol–water partition coefficient (Wildman–Crippen LogP) is 3.40. The minimum Gasteiger partial charge on any atom is -0.459 e. The van der Waals surface area contributed by atoms with Crippen molar-refractivity contribution in [3.8, 4) is 11.5 Å². The van der Waals surface area contributed by atoms with Gasteiger partial charge in [0.15, 0.2) is 17.3 Å². The highest BCUT2D eigenvalue weighted by molar-refractivity contribution is 5.92. The molecule has 8 nitrogen and oxygen atoms in total. The Balaban J connectivity index is 1.26. The quantitative estimate of drug-likeness (QED) is 0.564. The highest BCUT2D eigenvalue weighted by Gasteiger charge is 2.34. The number of nitrogens with zero attached hydrogens (tertiary/aromatic N) is 2. The summed E-state index contributed by atoms with van der Waals surface area (Å²) in [7, 11) is 0. The number of rotatable bonds is 8. The van der Waals surface area contributed by atoms with Crippen LogP contribution in [0.25, 0.3) is 0 Å². The third-order valence-corrected chi connectivity index (χ3v) is 7.61. The third kappa shape index (κ3) is 5.93. The number of hydrogen-bond acceptors (Lipinski definition) is 7. The number of aliphatic hydroxyl groups is 1. The molecule has 0 aliphatic carbocycles. The molecule has 0 aromatic heterocycles. The van der Waals surface area contributed by atoms with Gasteiger partial charge in [0.05, 0.1) is 6.61 Å². The molecule has 0 saturated carbocycles. The van der Waals surface area contributed by atoms with Crippen molar-refractivity contribution in [2.24, 2.45) is 0 Å². The molecule has 2 fully saturated rings. The molecule has 2 saturated heterocycles. The van der Waals surface area contributed by atoms with Gasteiger partial charge in [-0.2, -0.15) is 0 Å². The summed E-state index contributed by atoms with van der Waals surface area (Å²) >= 11 is 0. The van der Waals surface area contributed by atoms with Crippen LogP contribution in [0.2, 0.25) is 0 Å². The van der Waals surface area contributed by atoms with Crippen molar-refractivity contribution in [2.45, 2.75) is 69.6 Å². The van der Waals surface area contributed by atoms with E-state index in [0.717, 1.165) is 49.4 Å². The molecule has 1 N–H and O–H groups in total. The smallest absolute Gasteiger partial charge is 0.288 e. The first-order valence-corrected chi connectivity index (χ1v) is 13.2. The number of hydrogen-bond donors (Lipinski definition) is 1. The molecular weight excluding hydrogens is 448 g/mol. The lowest BCUT2D eigenvalue weighted by Crippen LogP contribution is -2.49. The lowest BCUT2D eigenvalue weighted by molar-refractivity contribution is -0.153. The van der Waals surface area contributed by atoms with Crippen LogP contribution in [0.1, 0.15) is 62.8 Å².